The Morgan fingerprint density at radius 1 is 1.15 bits per heavy atom. The summed E-state index contributed by atoms with van der Waals surface area (Å²) in [5.41, 5.74) is 5.42. The van der Waals surface area contributed by atoms with Crippen molar-refractivity contribution in [3.63, 3.8) is 0 Å². The van der Waals surface area contributed by atoms with E-state index >= 15 is 0 Å². The predicted octanol–water partition coefficient (Wildman–Crippen LogP) is 6.09. The lowest BCUT2D eigenvalue weighted by molar-refractivity contribution is 0.0972. The fraction of sp³-hybridized carbons (Fsp3) is 0.455. The van der Waals surface area contributed by atoms with Crippen molar-refractivity contribution >= 4 is 22.5 Å². The van der Waals surface area contributed by atoms with E-state index in [0.29, 0.717) is 6.04 Å². The second-order valence-corrected chi connectivity index (χ2v) is 8.34. The van der Waals surface area contributed by atoms with Gasteiger partial charge in [0.1, 0.15) is 0 Å². The van der Waals surface area contributed by atoms with Crippen molar-refractivity contribution in [2.24, 2.45) is 5.92 Å². The lowest BCUT2D eigenvalue weighted by atomic mass is 9.79. The first-order valence-electron chi connectivity index (χ1n) is 9.85. The van der Waals surface area contributed by atoms with E-state index in [-0.39, 0.29) is 0 Å². The van der Waals surface area contributed by atoms with Gasteiger partial charge in [0.25, 0.3) is 0 Å². The van der Waals surface area contributed by atoms with Gasteiger partial charge in [0.15, 0.2) is 0 Å². The van der Waals surface area contributed by atoms with E-state index in [0.717, 1.165) is 30.5 Å². The number of aromatic nitrogens is 1. The topological polar surface area (TPSA) is 32.2 Å². The Labute approximate surface area is 159 Å². The Bertz CT molecular complexity index is 892. The van der Waals surface area contributed by atoms with Crippen LogP contribution in [0.5, 0.6) is 0 Å². The van der Waals surface area contributed by atoms with E-state index in [1.165, 1.54) is 59.8 Å². The van der Waals surface area contributed by atoms with Crippen LogP contribution in [-0.2, 0) is 13.0 Å². The number of rotatable bonds is 3. The van der Waals surface area contributed by atoms with Gasteiger partial charge in [-0.3, -0.25) is 4.90 Å². The number of benzene rings is 1. The maximum atomic E-state index is 6.29. The van der Waals surface area contributed by atoms with Gasteiger partial charge in [-0.15, -0.1) is 0 Å². The Morgan fingerprint density at radius 3 is 2.85 bits per heavy atom. The smallest absolute Gasteiger partial charge is 0.0947 e. The van der Waals surface area contributed by atoms with Crippen molar-refractivity contribution in [2.45, 2.75) is 51.1 Å². The molecule has 0 spiro atoms. The average molecular weight is 369 g/mol. The van der Waals surface area contributed by atoms with Crippen LogP contribution >= 0.6 is 11.6 Å². The van der Waals surface area contributed by atoms with Crippen molar-refractivity contribution in [3.05, 3.63) is 58.6 Å². The zero-order valence-corrected chi connectivity index (χ0v) is 15.8. The second kappa shape index (κ2) is 6.79. The van der Waals surface area contributed by atoms with E-state index in [4.69, 9.17) is 16.0 Å². The molecular weight excluding hydrogens is 344 g/mol. The highest BCUT2D eigenvalue weighted by Crippen LogP contribution is 2.44. The number of H-pyrrole nitrogens is 1. The molecule has 5 rings (SSSR count). The Morgan fingerprint density at radius 2 is 2.04 bits per heavy atom. The van der Waals surface area contributed by atoms with Crippen LogP contribution in [-0.4, -0.2) is 16.4 Å². The first kappa shape index (κ1) is 16.5. The molecule has 1 aromatic carbocycles. The molecule has 26 heavy (non-hydrogen) atoms. The summed E-state index contributed by atoms with van der Waals surface area (Å²) in [7, 11) is 0. The SMILES string of the molecule is Clc1ccc2[nH]c3c(c2c1)CCN(Cc1ccoc1)C3C1CCCCC1. The summed E-state index contributed by atoms with van der Waals surface area (Å²) in [5.74, 6) is 0.734. The molecule has 1 aliphatic heterocycles. The molecule has 1 fully saturated rings. The molecule has 2 aliphatic rings. The summed E-state index contributed by atoms with van der Waals surface area (Å²) in [5, 5.41) is 2.14. The summed E-state index contributed by atoms with van der Waals surface area (Å²) in [6.45, 7) is 2.06. The zero-order valence-electron chi connectivity index (χ0n) is 15.0. The summed E-state index contributed by atoms with van der Waals surface area (Å²) in [6.07, 6.45) is 11.5. The standard InChI is InChI=1S/C22H25ClN2O/c23-17-6-7-20-19(12-17)18-8-10-25(13-15-9-11-26-14-15)22(21(18)24-20)16-4-2-1-3-5-16/h6-7,9,11-12,14,16,22,24H,1-5,8,10,13H2. The van der Waals surface area contributed by atoms with Crippen LogP contribution in [0.2, 0.25) is 5.02 Å². The van der Waals surface area contributed by atoms with Gasteiger partial charge in [0.2, 0.25) is 0 Å². The lowest BCUT2D eigenvalue weighted by Crippen LogP contribution is -2.39. The Kier molecular flexibility index (Phi) is 4.30. The van der Waals surface area contributed by atoms with Gasteiger partial charge in [-0.1, -0.05) is 30.9 Å². The molecular formula is C22H25ClN2O. The summed E-state index contributed by atoms with van der Waals surface area (Å²) < 4.78 is 5.32. The third-order valence-corrected chi connectivity index (χ3v) is 6.54. The molecule has 4 heteroatoms. The number of hydrogen-bond acceptors (Lipinski definition) is 2. The molecule has 0 radical (unpaired) electrons. The first-order valence-corrected chi connectivity index (χ1v) is 10.2. The number of aromatic amines is 1. The van der Waals surface area contributed by atoms with E-state index in [1.807, 2.05) is 12.3 Å². The van der Waals surface area contributed by atoms with Gasteiger partial charge in [0, 0.05) is 40.3 Å². The van der Waals surface area contributed by atoms with Crippen LogP contribution in [0.1, 0.15) is 55.0 Å². The van der Waals surface area contributed by atoms with E-state index in [1.54, 1.807) is 6.26 Å². The van der Waals surface area contributed by atoms with Crippen LogP contribution in [0, 0.1) is 5.92 Å². The van der Waals surface area contributed by atoms with E-state index in [9.17, 15) is 0 Å². The van der Waals surface area contributed by atoms with Gasteiger partial charge in [-0.2, -0.15) is 0 Å². The van der Waals surface area contributed by atoms with Gasteiger partial charge in [-0.25, -0.2) is 0 Å². The van der Waals surface area contributed by atoms with Gasteiger partial charge in [-0.05, 0) is 55.0 Å². The molecule has 1 atom stereocenters. The van der Waals surface area contributed by atoms with Crippen molar-refractivity contribution in [2.75, 3.05) is 6.54 Å². The van der Waals surface area contributed by atoms with Crippen molar-refractivity contribution in [3.8, 4) is 0 Å². The van der Waals surface area contributed by atoms with Crippen molar-refractivity contribution < 1.29 is 4.42 Å². The number of hydrogen-bond donors (Lipinski definition) is 1. The third-order valence-electron chi connectivity index (χ3n) is 6.30. The molecule has 0 amide bonds. The highest BCUT2D eigenvalue weighted by atomic mass is 35.5. The minimum atomic E-state index is 0.472. The third kappa shape index (κ3) is 2.87. The van der Waals surface area contributed by atoms with Gasteiger partial charge in [0.05, 0.1) is 18.6 Å². The minimum Gasteiger partial charge on any atom is -0.472 e. The second-order valence-electron chi connectivity index (χ2n) is 7.90. The van der Waals surface area contributed by atoms with Crippen LogP contribution < -0.4 is 0 Å². The van der Waals surface area contributed by atoms with Crippen LogP contribution in [0.15, 0.2) is 41.2 Å². The van der Waals surface area contributed by atoms with Crippen LogP contribution in [0.3, 0.4) is 0 Å². The molecule has 136 valence electrons. The molecule has 0 saturated heterocycles. The summed E-state index contributed by atoms with van der Waals surface area (Å²) in [4.78, 5) is 6.44. The Balaban J connectivity index is 1.57. The predicted molar refractivity (Wildman–Crippen MR) is 105 cm³/mol. The number of halogens is 1. The molecule has 1 unspecified atom stereocenters. The molecule has 3 heterocycles. The van der Waals surface area contributed by atoms with Crippen LogP contribution in [0.25, 0.3) is 10.9 Å². The summed E-state index contributed by atoms with van der Waals surface area (Å²) in [6, 6.07) is 8.83. The van der Waals surface area contributed by atoms with Gasteiger partial charge >= 0.3 is 0 Å². The number of furan rings is 1. The average Bonchev–Trinajstić information content (AvgIpc) is 3.29. The Hall–Kier alpha value is -1.71. The minimum absolute atomic E-state index is 0.472. The van der Waals surface area contributed by atoms with E-state index < -0.39 is 0 Å². The fourth-order valence-corrected chi connectivity index (χ4v) is 5.29. The molecule has 1 N–H and O–H groups in total. The zero-order chi connectivity index (χ0) is 17.5. The fourth-order valence-electron chi connectivity index (χ4n) is 5.12. The van der Waals surface area contributed by atoms with E-state index in [2.05, 4.69) is 28.1 Å². The molecule has 0 bridgehead atoms. The molecule has 3 nitrogen and oxygen atoms in total. The number of nitrogens with zero attached hydrogens (tertiary/aromatic N) is 1. The first-order chi connectivity index (χ1) is 12.8. The number of fused-ring (bicyclic) bond motifs is 3. The quantitative estimate of drug-likeness (QED) is 0.606. The lowest BCUT2D eigenvalue weighted by Gasteiger charge is -2.41. The maximum absolute atomic E-state index is 6.29. The summed E-state index contributed by atoms with van der Waals surface area (Å²) >= 11 is 6.29. The highest BCUT2D eigenvalue weighted by molar-refractivity contribution is 6.31. The molecule has 3 aromatic rings. The van der Waals surface area contributed by atoms with Crippen molar-refractivity contribution in [1.29, 1.82) is 0 Å². The maximum Gasteiger partial charge on any atom is 0.0947 e. The molecule has 1 aliphatic carbocycles. The monoisotopic (exact) mass is 368 g/mol. The normalized spacial score (nSPS) is 22.0. The number of nitrogens with one attached hydrogen (secondary N) is 1. The van der Waals surface area contributed by atoms with Crippen LogP contribution in [0.4, 0.5) is 0 Å². The largest absolute Gasteiger partial charge is 0.472 e. The van der Waals surface area contributed by atoms with Crippen molar-refractivity contribution in [1.82, 2.24) is 9.88 Å². The molecule has 2 aromatic heterocycles. The van der Waals surface area contributed by atoms with Gasteiger partial charge < -0.3 is 9.40 Å². The highest BCUT2D eigenvalue weighted by Gasteiger charge is 2.36. The molecule has 1 saturated carbocycles.